The van der Waals surface area contributed by atoms with Crippen LogP contribution in [-0.4, -0.2) is 23.8 Å². The molecule has 3 nitrogen and oxygen atoms in total. The van der Waals surface area contributed by atoms with Gasteiger partial charge in [-0.2, -0.15) is 0 Å². The molecule has 0 aliphatic heterocycles. The van der Waals surface area contributed by atoms with Crippen LogP contribution in [0.25, 0.3) is 0 Å². The molecule has 1 rings (SSSR count). The monoisotopic (exact) mass is 230 g/mol. The molecular formula is C11H12F2O3. The van der Waals surface area contributed by atoms with Crippen molar-refractivity contribution in [3.8, 4) is 0 Å². The summed E-state index contributed by atoms with van der Waals surface area (Å²) in [5.41, 5.74) is -0.0550. The predicted octanol–water partition coefficient (Wildman–Crippen LogP) is 1.43. The van der Waals surface area contributed by atoms with Crippen LogP contribution in [0.2, 0.25) is 0 Å². The van der Waals surface area contributed by atoms with Crippen molar-refractivity contribution in [1.29, 1.82) is 0 Å². The summed E-state index contributed by atoms with van der Waals surface area (Å²) < 4.78 is 30.5. The first-order chi connectivity index (χ1) is 7.56. The molecule has 0 aromatic heterocycles. The second kappa shape index (κ2) is 5.55. The van der Waals surface area contributed by atoms with Gasteiger partial charge < -0.3 is 9.84 Å². The Kier molecular flexibility index (Phi) is 4.37. The van der Waals surface area contributed by atoms with Gasteiger partial charge in [-0.25, -0.2) is 13.6 Å². The second-order valence-electron chi connectivity index (χ2n) is 3.18. The fourth-order valence-corrected chi connectivity index (χ4v) is 1.24. The van der Waals surface area contributed by atoms with Gasteiger partial charge in [-0.15, -0.1) is 0 Å². The molecule has 16 heavy (non-hydrogen) atoms. The maximum Gasteiger partial charge on any atom is 0.335 e. The lowest BCUT2D eigenvalue weighted by atomic mass is 10.1. The van der Waals surface area contributed by atoms with E-state index in [9.17, 15) is 18.7 Å². The predicted molar refractivity (Wildman–Crippen MR) is 52.7 cm³/mol. The molecular weight excluding hydrogens is 218 g/mol. The van der Waals surface area contributed by atoms with E-state index in [4.69, 9.17) is 0 Å². The molecule has 1 aromatic rings. The molecule has 1 aromatic carbocycles. The van der Waals surface area contributed by atoms with Crippen molar-refractivity contribution in [2.24, 2.45) is 0 Å². The summed E-state index contributed by atoms with van der Waals surface area (Å²) in [6.07, 6.45) is -1.78. The molecule has 0 saturated heterocycles. The Morgan fingerprint density at radius 1 is 1.50 bits per heavy atom. The molecule has 1 N–H and O–H groups in total. The van der Waals surface area contributed by atoms with Crippen LogP contribution in [0.5, 0.6) is 0 Å². The summed E-state index contributed by atoms with van der Waals surface area (Å²) in [5.74, 6) is -2.90. The molecule has 0 amide bonds. The minimum Gasteiger partial charge on any atom is -0.464 e. The van der Waals surface area contributed by atoms with E-state index in [1.165, 1.54) is 12.1 Å². The molecule has 0 bridgehead atoms. The highest BCUT2D eigenvalue weighted by Crippen LogP contribution is 2.13. The number of halogens is 2. The molecule has 0 saturated carbocycles. The number of ether oxygens (including phenoxy) is 1. The number of aliphatic hydroxyl groups excluding tert-OH is 1. The molecule has 0 aliphatic carbocycles. The first kappa shape index (κ1) is 12.6. The van der Waals surface area contributed by atoms with Crippen LogP contribution in [0.1, 0.15) is 12.5 Å². The van der Waals surface area contributed by atoms with Gasteiger partial charge in [0.1, 0.15) is 0 Å². The van der Waals surface area contributed by atoms with E-state index in [1.807, 2.05) is 0 Å². The molecule has 0 heterocycles. The highest BCUT2D eigenvalue weighted by atomic mass is 19.2. The van der Waals surface area contributed by atoms with Crippen molar-refractivity contribution in [1.82, 2.24) is 0 Å². The van der Waals surface area contributed by atoms with E-state index in [0.29, 0.717) is 0 Å². The van der Waals surface area contributed by atoms with Crippen LogP contribution in [0.4, 0.5) is 8.78 Å². The van der Waals surface area contributed by atoms with E-state index in [2.05, 4.69) is 4.74 Å². The molecule has 0 radical (unpaired) electrons. The highest BCUT2D eigenvalue weighted by Gasteiger charge is 2.19. The smallest absolute Gasteiger partial charge is 0.335 e. The quantitative estimate of drug-likeness (QED) is 0.796. The summed E-state index contributed by atoms with van der Waals surface area (Å²) in [5, 5.41) is 9.35. The van der Waals surface area contributed by atoms with Gasteiger partial charge in [-0.05, 0) is 18.6 Å². The first-order valence-electron chi connectivity index (χ1n) is 4.83. The number of aliphatic hydroxyl groups is 1. The SMILES string of the molecule is CCOC(=O)C(O)Cc1cccc(F)c1F. The summed E-state index contributed by atoms with van der Waals surface area (Å²) in [6, 6.07) is 3.59. The number of rotatable bonds is 4. The molecule has 0 fully saturated rings. The summed E-state index contributed by atoms with van der Waals surface area (Å²) in [4.78, 5) is 11.1. The summed E-state index contributed by atoms with van der Waals surface area (Å²) in [6.45, 7) is 1.72. The number of esters is 1. The number of carbonyl (C=O) groups is 1. The minimum absolute atomic E-state index is 0.0550. The van der Waals surface area contributed by atoms with Crippen molar-refractivity contribution < 1.29 is 23.4 Å². The van der Waals surface area contributed by atoms with Gasteiger partial charge >= 0.3 is 5.97 Å². The van der Waals surface area contributed by atoms with Gasteiger partial charge in [-0.1, -0.05) is 12.1 Å². The number of benzene rings is 1. The maximum atomic E-state index is 13.2. The first-order valence-corrected chi connectivity index (χ1v) is 4.83. The molecule has 1 unspecified atom stereocenters. The summed E-state index contributed by atoms with van der Waals surface area (Å²) >= 11 is 0. The number of hydrogen-bond donors (Lipinski definition) is 1. The Morgan fingerprint density at radius 3 is 2.81 bits per heavy atom. The minimum atomic E-state index is -1.48. The van der Waals surface area contributed by atoms with E-state index in [1.54, 1.807) is 6.92 Å². The summed E-state index contributed by atoms with van der Waals surface area (Å²) in [7, 11) is 0. The lowest BCUT2D eigenvalue weighted by molar-refractivity contribution is -0.152. The fraction of sp³-hybridized carbons (Fsp3) is 0.364. The van der Waals surface area contributed by atoms with Crippen molar-refractivity contribution in [3.63, 3.8) is 0 Å². The van der Waals surface area contributed by atoms with Crippen LogP contribution in [0, 0.1) is 11.6 Å². The lowest BCUT2D eigenvalue weighted by Gasteiger charge is -2.10. The van der Waals surface area contributed by atoms with Gasteiger partial charge in [0.2, 0.25) is 0 Å². The zero-order valence-electron chi connectivity index (χ0n) is 8.74. The Labute approximate surface area is 91.7 Å². The zero-order valence-corrected chi connectivity index (χ0v) is 8.74. The van der Waals surface area contributed by atoms with E-state index in [0.717, 1.165) is 6.07 Å². The Bertz CT molecular complexity index is 379. The average molecular weight is 230 g/mol. The molecule has 88 valence electrons. The molecule has 0 spiro atoms. The highest BCUT2D eigenvalue weighted by molar-refractivity contribution is 5.74. The third-order valence-electron chi connectivity index (χ3n) is 2.00. The van der Waals surface area contributed by atoms with Gasteiger partial charge in [-0.3, -0.25) is 0 Å². The molecule has 0 aliphatic rings. The number of hydrogen-bond acceptors (Lipinski definition) is 3. The van der Waals surface area contributed by atoms with Gasteiger partial charge in [0.25, 0.3) is 0 Å². The van der Waals surface area contributed by atoms with Crippen LogP contribution in [0.15, 0.2) is 18.2 Å². The van der Waals surface area contributed by atoms with Gasteiger partial charge in [0, 0.05) is 6.42 Å². The van der Waals surface area contributed by atoms with Crippen LogP contribution in [-0.2, 0) is 16.0 Å². The third kappa shape index (κ3) is 3.00. The van der Waals surface area contributed by atoms with E-state index >= 15 is 0 Å². The van der Waals surface area contributed by atoms with Crippen LogP contribution >= 0.6 is 0 Å². The number of carbonyl (C=O) groups excluding carboxylic acids is 1. The maximum absolute atomic E-state index is 13.2. The fourth-order valence-electron chi connectivity index (χ4n) is 1.24. The van der Waals surface area contributed by atoms with Crippen LogP contribution < -0.4 is 0 Å². The van der Waals surface area contributed by atoms with Gasteiger partial charge in [0.05, 0.1) is 6.61 Å². The van der Waals surface area contributed by atoms with E-state index in [-0.39, 0.29) is 18.6 Å². The topological polar surface area (TPSA) is 46.5 Å². The normalized spacial score (nSPS) is 12.2. The lowest BCUT2D eigenvalue weighted by Crippen LogP contribution is -2.25. The van der Waals surface area contributed by atoms with Gasteiger partial charge in [0.15, 0.2) is 17.7 Å². The Morgan fingerprint density at radius 2 is 2.19 bits per heavy atom. The molecule has 5 heteroatoms. The van der Waals surface area contributed by atoms with Crippen molar-refractivity contribution >= 4 is 5.97 Å². The Hall–Kier alpha value is -1.49. The Balaban J connectivity index is 2.73. The van der Waals surface area contributed by atoms with Crippen molar-refractivity contribution in [2.45, 2.75) is 19.4 Å². The third-order valence-corrected chi connectivity index (χ3v) is 2.00. The standard InChI is InChI=1S/C11H12F2O3/c1-2-16-11(15)9(14)6-7-4-3-5-8(12)10(7)13/h3-5,9,14H,2,6H2,1H3. The van der Waals surface area contributed by atoms with Crippen LogP contribution in [0.3, 0.4) is 0 Å². The van der Waals surface area contributed by atoms with Crippen molar-refractivity contribution in [3.05, 3.63) is 35.4 Å². The largest absolute Gasteiger partial charge is 0.464 e. The van der Waals surface area contributed by atoms with Crippen molar-refractivity contribution in [2.75, 3.05) is 6.61 Å². The van der Waals surface area contributed by atoms with E-state index < -0.39 is 23.7 Å². The zero-order chi connectivity index (χ0) is 12.1. The average Bonchev–Trinajstić information content (AvgIpc) is 2.25. The second-order valence-corrected chi connectivity index (χ2v) is 3.18. The molecule has 1 atom stereocenters.